The number of aryl methyl sites for hydroxylation is 1. The van der Waals surface area contributed by atoms with Crippen LogP contribution in [0.1, 0.15) is 28.4 Å². The van der Waals surface area contributed by atoms with Crippen LogP contribution in [0.25, 0.3) is 17.0 Å². The van der Waals surface area contributed by atoms with E-state index in [0.717, 1.165) is 28.6 Å². The van der Waals surface area contributed by atoms with Crippen molar-refractivity contribution < 1.29 is 14.3 Å². The maximum atomic E-state index is 12.6. The summed E-state index contributed by atoms with van der Waals surface area (Å²) in [5.41, 5.74) is 4.03. The van der Waals surface area contributed by atoms with Gasteiger partial charge in [-0.3, -0.25) is 4.79 Å². The Kier molecular flexibility index (Phi) is 6.33. The molecule has 30 heavy (non-hydrogen) atoms. The predicted molar refractivity (Wildman–Crippen MR) is 117 cm³/mol. The number of nitriles is 1. The second kappa shape index (κ2) is 9.10. The third-order valence-corrected chi connectivity index (χ3v) is 4.88. The predicted octanol–water partition coefficient (Wildman–Crippen LogP) is 4.13. The van der Waals surface area contributed by atoms with Gasteiger partial charge in [0.15, 0.2) is 6.61 Å². The number of carbonyl (C=O) groups is 2. The van der Waals surface area contributed by atoms with Gasteiger partial charge in [-0.2, -0.15) is 5.26 Å². The molecule has 6 nitrogen and oxygen atoms in total. The number of hydrogen-bond acceptors (Lipinski definition) is 5. The number of H-pyrrole nitrogens is 1. The molecule has 0 amide bonds. The van der Waals surface area contributed by atoms with Crippen LogP contribution in [0.15, 0.2) is 54.2 Å². The van der Waals surface area contributed by atoms with E-state index in [9.17, 15) is 14.9 Å². The number of aromatic amines is 1. The zero-order chi connectivity index (χ0) is 21.7. The van der Waals surface area contributed by atoms with Gasteiger partial charge in [0.2, 0.25) is 5.78 Å². The third kappa shape index (κ3) is 4.41. The number of fused-ring (bicyclic) bond motifs is 1. The number of carbonyl (C=O) groups excluding carboxylic acids is 2. The molecule has 3 aromatic rings. The lowest BCUT2D eigenvalue weighted by Crippen LogP contribution is -2.15. The van der Waals surface area contributed by atoms with Gasteiger partial charge in [0.1, 0.15) is 11.6 Å². The van der Waals surface area contributed by atoms with Crippen molar-refractivity contribution in [3.8, 4) is 6.07 Å². The summed E-state index contributed by atoms with van der Waals surface area (Å²) in [5.74, 6) is -1.15. The van der Waals surface area contributed by atoms with Crippen molar-refractivity contribution in [2.75, 3.05) is 25.6 Å². The number of nitrogens with one attached hydrogen (secondary N) is 1. The number of aromatic nitrogens is 1. The van der Waals surface area contributed by atoms with Gasteiger partial charge in [-0.05, 0) is 35.8 Å². The highest BCUT2D eigenvalue weighted by atomic mass is 16.5. The van der Waals surface area contributed by atoms with E-state index >= 15 is 0 Å². The highest BCUT2D eigenvalue weighted by molar-refractivity contribution is 6.10. The number of benzene rings is 2. The average Bonchev–Trinajstić information content (AvgIpc) is 3.20. The minimum Gasteiger partial charge on any atom is -0.453 e. The van der Waals surface area contributed by atoms with Gasteiger partial charge in [0, 0.05) is 42.4 Å². The second-order valence-corrected chi connectivity index (χ2v) is 7.05. The number of anilines is 1. The highest BCUT2D eigenvalue weighted by Gasteiger charge is 2.17. The molecule has 1 N–H and O–H groups in total. The van der Waals surface area contributed by atoms with Crippen LogP contribution in [0.4, 0.5) is 5.69 Å². The summed E-state index contributed by atoms with van der Waals surface area (Å²) in [6.07, 6.45) is 3.92. The number of esters is 1. The summed E-state index contributed by atoms with van der Waals surface area (Å²) < 4.78 is 5.12. The summed E-state index contributed by atoms with van der Waals surface area (Å²) in [7, 11) is 3.85. The molecular weight excluding hydrogens is 378 g/mol. The fourth-order valence-corrected chi connectivity index (χ4v) is 3.20. The van der Waals surface area contributed by atoms with Crippen LogP contribution in [0.3, 0.4) is 0 Å². The van der Waals surface area contributed by atoms with Crippen molar-refractivity contribution in [2.45, 2.75) is 13.3 Å². The third-order valence-electron chi connectivity index (χ3n) is 4.88. The number of para-hydroxylation sites is 1. The summed E-state index contributed by atoms with van der Waals surface area (Å²) in [4.78, 5) is 30.0. The summed E-state index contributed by atoms with van der Waals surface area (Å²) in [6, 6.07) is 15.0. The monoisotopic (exact) mass is 401 g/mol. The van der Waals surface area contributed by atoms with Crippen LogP contribution in [-0.4, -0.2) is 37.4 Å². The topological polar surface area (TPSA) is 86.2 Å². The highest BCUT2D eigenvalue weighted by Crippen LogP contribution is 2.23. The van der Waals surface area contributed by atoms with Gasteiger partial charge in [-0.15, -0.1) is 0 Å². The molecule has 0 unspecified atom stereocenters. The summed E-state index contributed by atoms with van der Waals surface area (Å²) in [6.45, 7) is 1.61. The van der Waals surface area contributed by atoms with Crippen LogP contribution in [0, 0.1) is 11.3 Å². The first kappa shape index (κ1) is 20.9. The summed E-state index contributed by atoms with van der Waals surface area (Å²) >= 11 is 0. The van der Waals surface area contributed by atoms with Gasteiger partial charge in [0.05, 0.1) is 0 Å². The van der Waals surface area contributed by atoms with E-state index in [4.69, 9.17) is 4.74 Å². The first-order valence-electron chi connectivity index (χ1n) is 9.63. The number of nitrogens with zero attached hydrogens (tertiary/aromatic N) is 2. The zero-order valence-electron chi connectivity index (χ0n) is 17.2. The number of ketones is 1. The van der Waals surface area contributed by atoms with Crippen molar-refractivity contribution in [3.05, 3.63) is 70.9 Å². The number of rotatable bonds is 7. The number of hydrogen-bond donors (Lipinski definition) is 1. The minimum absolute atomic E-state index is 0.160. The molecule has 1 aromatic heterocycles. The minimum atomic E-state index is -0.823. The van der Waals surface area contributed by atoms with Crippen molar-refractivity contribution in [1.29, 1.82) is 5.26 Å². The van der Waals surface area contributed by atoms with E-state index in [1.165, 1.54) is 6.08 Å². The zero-order valence-corrected chi connectivity index (χ0v) is 17.2. The first-order chi connectivity index (χ1) is 14.4. The van der Waals surface area contributed by atoms with Crippen molar-refractivity contribution in [1.82, 2.24) is 4.98 Å². The van der Waals surface area contributed by atoms with E-state index in [-0.39, 0.29) is 11.4 Å². The lowest BCUT2D eigenvalue weighted by Gasteiger charge is -2.11. The van der Waals surface area contributed by atoms with E-state index in [1.807, 2.05) is 74.5 Å². The Morgan fingerprint density at radius 2 is 1.90 bits per heavy atom. The molecule has 0 bridgehead atoms. The molecule has 6 heteroatoms. The molecule has 1 heterocycles. The van der Waals surface area contributed by atoms with Gasteiger partial charge in [-0.25, -0.2) is 4.79 Å². The molecule has 0 fully saturated rings. The Hall–Kier alpha value is -3.85. The number of ether oxygens (including phenoxy) is 1. The van der Waals surface area contributed by atoms with E-state index in [2.05, 4.69) is 4.98 Å². The molecule has 152 valence electrons. The molecule has 0 saturated heterocycles. The van der Waals surface area contributed by atoms with Gasteiger partial charge in [-0.1, -0.05) is 37.3 Å². The fourth-order valence-electron chi connectivity index (χ4n) is 3.20. The molecular formula is C24H23N3O3. The molecule has 0 spiro atoms. The van der Waals surface area contributed by atoms with E-state index < -0.39 is 12.6 Å². The lowest BCUT2D eigenvalue weighted by molar-refractivity contribution is -0.137. The molecule has 0 aliphatic rings. The van der Waals surface area contributed by atoms with Crippen molar-refractivity contribution in [2.24, 2.45) is 0 Å². The van der Waals surface area contributed by atoms with Crippen LogP contribution in [0.5, 0.6) is 0 Å². The molecule has 0 atom stereocenters. The molecule has 2 aromatic carbocycles. The number of Topliss-reactive ketones (excluding diaryl/α,β-unsaturated/α-hetero) is 1. The second-order valence-electron chi connectivity index (χ2n) is 7.05. The Morgan fingerprint density at radius 1 is 1.17 bits per heavy atom. The van der Waals surface area contributed by atoms with Gasteiger partial charge < -0.3 is 14.6 Å². The normalized spacial score (nSPS) is 11.2. The van der Waals surface area contributed by atoms with Gasteiger partial charge in [0.25, 0.3) is 0 Å². The molecule has 0 aliphatic carbocycles. The Morgan fingerprint density at radius 3 is 2.53 bits per heavy atom. The quantitative estimate of drug-likeness (QED) is 0.278. The maximum Gasteiger partial charge on any atom is 0.349 e. The van der Waals surface area contributed by atoms with Crippen LogP contribution in [0.2, 0.25) is 0 Å². The van der Waals surface area contributed by atoms with E-state index in [1.54, 1.807) is 6.20 Å². The van der Waals surface area contributed by atoms with Crippen LogP contribution >= 0.6 is 0 Å². The standard InChI is InChI=1S/C24H23N3O3/c1-4-17-6-5-7-20-21(14-26-23(17)20)22(28)15-30-24(29)18(13-25)12-16-8-10-19(11-9-16)27(2)3/h5-12,14,26H,4,15H2,1-3H3/b18-12+. The van der Waals surface area contributed by atoms with E-state index in [0.29, 0.717) is 11.1 Å². The van der Waals surface area contributed by atoms with Gasteiger partial charge >= 0.3 is 5.97 Å². The Labute approximate surface area is 175 Å². The molecule has 0 saturated carbocycles. The van der Waals surface area contributed by atoms with Crippen molar-refractivity contribution in [3.63, 3.8) is 0 Å². The molecule has 0 radical (unpaired) electrons. The molecule has 0 aliphatic heterocycles. The first-order valence-corrected chi connectivity index (χ1v) is 9.63. The smallest absolute Gasteiger partial charge is 0.349 e. The fraction of sp³-hybridized carbons (Fsp3) is 0.208. The Balaban J connectivity index is 1.71. The SMILES string of the molecule is CCc1cccc2c(C(=O)COC(=O)/C(C#N)=C/c3ccc(N(C)C)cc3)c[nH]c12. The summed E-state index contributed by atoms with van der Waals surface area (Å²) in [5, 5.41) is 10.1. The maximum absolute atomic E-state index is 12.6. The van der Waals surface area contributed by atoms with Crippen LogP contribution in [-0.2, 0) is 16.0 Å². The molecule has 3 rings (SSSR count). The average molecular weight is 401 g/mol. The van der Waals surface area contributed by atoms with Crippen LogP contribution < -0.4 is 4.90 Å². The van der Waals surface area contributed by atoms with Crippen molar-refractivity contribution >= 4 is 34.4 Å². The largest absolute Gasteiger partial charge is 0.453 e. The Bertz CT molecular complexity index is 1150. The lowest BCUT2D eigenvalue weighted by atomic mass is 10.1.